The fourth-order valence-electron chi connectivity index (χ4n) is 2.61. The monoisotopic (exact) mass is 320 g/mol. The molecule has 1 fully saturated rings. The molecule has 0 unspecified atom stereocenters. The highest BCUT2D eigenvalue weighted by molar-refractivity contribution is 7.86. The lowest BCUT2D eigenvalue weighted by Crippen LogP contribution is -2.25. The predicted octanol–water partition coefficient (Wildman–Crippen LogP) is 1.85. The van der Waals surface area contributed by atoms with Gasteiger partial charge in [-0.05, 0) is 49.3 Å². The van der Waals surface area contributed by atoms with E-state index in [9.17, 15) is 16.8 Å². The quantitative estimate of drug-likeness (QED) is 0.823. The minimum atomic E-state index is -4.19. The Kier molecular flexibility index (Phi) is 4.19. The average Bonchev–Trinajstić information content (AvgIpc) is 2.37. The summed E-state index contributed by atoms with van der Waals surface area (Å²) in [6.07, 6.45) is 2.03. The van der Waals surface area contributed by atoms with Crippen LogP contribution in [0.5, 0.6) is 0 Å². The van der Waals surface area contributed by atoms with E-state index < -0.39 is 25.5 Å². The Morgan fingerprint density at radius 3 is 1.75 bits per heavy atom. The van der Waals surface area contributed by atoms with Gasteiger partial charge in [0.25, 0.3) is 20.2 Å². The zero-order valence-electron chi connectivity index (χ0n) is 10.6. The lowest BCUT2D eigenvalue weighted by atomic mass is 9.84. The van der Waals surface area contributed by atoms with E-state index in [0.29, 0.717) is 25.7 Å². The van der Waals surface area contributed by atoms with Crippen molar-refractivity contribution in [1.82, 2.24) is 0 Å². The lowest BCUT2D eigenvalue weighted by Gasteiger charge is -2.26. The summed E-state index contributed by atoms with van der Waals surface area (Å²) >= 11 is 0. The largest absolute Gasteiger partial charge is 0.294 e. The van der Waals surface area contributed by atoms with Crippen LogP contribution in [0, 0.1) is 0 Å². The van der Waals surface area contributed by atoms with Crippen molar-refractivity contribution in [2.24, 2.45) is 0 Å². The first-order valence-corrected chi connectivity index (χ1v) is 9.16. The van der Waals surface area contributed by atoms with Crippen molar-refractivity contribution in [2.75, 3.05) is 0 Å². The average molecular weight is 320 g/mol. The Balaban J connectivity index is 2.08. The fourth-order valence-corrected chi connectivity index (χ4v) is 3.95. The van der Waals surface area contributed by atoms with Crippen molar-refractivity contribution in [3.63, 3.8) is 0 Å². The minimum Gasteiger partial charge on any atom is -0.285 e. The van der Waals surface area contributed by atoms with E-state index in [4.69, 9.17) is 9.11 Å². The summed E-state index contributed by atoms with van der Waals surface area (Å²) < 4.78 is 61.9. The number of rotatable bonds is 3. The van der Waals surface area contributed by atoms with Gasteiger partial charge in [-0.3, -0.25) is 9.11 Å². The van der Waals surface area contributed by atoms with E-state index in [-0.39, 0.29) is 10.8 Å². The third-order valence-corrected chi connectivity index (χ3v) is 5.93. The van der Waals surface area contributed by atoms with Gasteiger partial charge in [0.1, 0.15) is 0 Å². The highest BCUT2D eigenvalue weighted by Gasteiger charge is 2.30. The summed E-state index contributed by atoms with van der Waals surface area (Å²) in [4.78, 5) is -0.159. The molecule has 1 aromatic carbocycles. The van der Waals surface area contributed by atoms with E-state index in [1.165, 1.54) is 12.1 Å². The topological polar surface area (TPSA) is 109 Å². The van der Waals surface area contributed by atoms with Crippen LogP contribution < -0.4 is 0 Å². The second-order valence-electron chi connectivity index (χ2n) is 5.03. The molecule has 0 saturated heterocycles. The maximum atomic E-state index is 11.0. The maximum absolute atomic E-state index is 11.0. The Bertz CT molecular complexity index is 667. The first kappa shape index (κ1) is 15.4. The summed E-state index contributed by atoms with van der Waals surface area (Å²) in [5, 5.41) is -0.698. The molecule has 0 aromatic heterocycles. The van der Waals surface area contributed by atoms with E-state index >= 15 is 0 Å². The lowest BCUT2D eigenvalue weighted by molar-refractivity contribution is 0.401. The van der Waals surface area contributed by atoms with Gasteiger partial charge >= 0.3 is 0 Å². The Labute approximate surface area is 118 Å². The van der Waals surface area contributed by atoms with Gasteiger partial charge in [0.15, 0.2) is 0 Å². The van der Waals surface area contributed by atoms with Gasteiger partial charge in [0.2, 0.25) is 0 Å². The molecule has 1 saturated carbocycles. The van der Waals surface area contributed by atoms with Crippen molar-refractivity contribution in [2.45, 2.75) is 41.7 Å². The van der Waals surface area contributed by atoms with Crippen LogP contribution >= 0.6 is 0 Å². The molecule has 1 aliphatic carbocycles. The Morgan fingerprint density at radius 2 is 1.35 bits per heavy atom. The molecule has 2 rings (SSSR count). The molecule has 112 valence electrons. The molecule has 0 bridgehead atoms. The first-order valence-electron chi connectivity index (χ1n) is 6.21. The standard InChI is InChI=1S/C12H16O6S2/c13-19(14,15)11-5-1-9(2-6-11)10-3-7-12(8-4-10)20(16,17)18/h1-2,5-6,10,12H,3-4,7-8H2,(H,13,14,15)(H,16,17,18). The summed E-state index contributed by atoms with van der Waals surface area (Å²) in [6, 6.07) is 5.92. The molecule has 0 heterocycles. The van der Waals surface area contributed by atoms with Crippen LogP contribution in [-0.4, -0.2) is 31.2 Å². The van der Waals surface area contributed by atoms with Crippen molar-refractivity contribution in [3.8, 4) is 0 Å². The summed E-state index contributed by atoms with van der Waals surface area (Å²) in [7, 11) is -8.16. The second-order valence-corrected chi connectivity index (χ2v) is 8.15. The van der Waals surface area contributed by atoms with Crippen molar-refractivity contribution >= 4 is 20.2 Å². The smallest absolute Gasteiger partial charge is 0.285 e. The summed E-state index contributed by atoms with van der Waals surface area (Å²) in [5.74, 6) is 0.142. The van der Waals surface area contributed by atoms with Crippen LogP contribution in [0.15, 0.2) is 29.2 Å². The highest BCUT2D eigenvalue weighted by atomic mass is 32.2. The molecular formula is C12H16O6S2. The van der Waals surface area contributed by atoms with Crippen LogP contribution in [0.2, 0.25) is 0 Å². The van der Waals surface area contributed by atoms with Gasteiger partial charge in [-0.1, -0.05) is 12.1 Å². The highest BCUT2D eigenvalue weighted by Crippen LogP contribution is 2.35. The Morgan fingerprint density at radius 1 is 0.850 bits per heavy atom. The van der Waals surface area contributed by atoms with E-state index in [0.717, 1.165) is 5.56 Å². The van der Waals surface area contributed by atoms with E-state index in [1.807, 2.05) is 0 Å². The molecule has 20 heavy (non-hydrogen) atoms. The molecule has 1 aliphatic rings. The SMILES string of the molecule is O=S(=O)(O)c1ccc(C2CCC(S(=O)(=O)O)CC2)cc1. The van der Waals surface area contributed by atoms with Crippen molar-refractivity contribution < 1.29 is 25.9 Å². The molecular weight excluding hydrogens is 304 g/mol. The zero-order chi connectivity index (χ0) is 15.0. The Hall–Kier alpha value is -0.960. The zero-order valence-corrected chi connectivity index (χ0v) is 12.3. The van der Waals surface area contributed by atoms with Crippen molar-refractivity contribution in [3.05, 3.63) is 29.8 Å². The summed E-state index contributed by atoms with van der Waals surface area (Å²) in [6.45, 7) is 0. The molecule has 0 atom stereocenters. The van der Waals surface area contributed by atoms with Crippen LogP contribution in [0.1, 0.15) is 37.2 Å². The van der Waals surface area contributed by atoms with E-state index in [1.54, 1.807) is 12.1 Å². The van der Waals surface area contributed by atoms with Crippen LogP contribution in [0.3, 0.4) is 0 Å². The molecule has 0 aliphatic heterocycles. The van der Waals surface area contributed by atoms with Crippen LogP contribution in [-0.2, 0) is 20.2 Å². The first-order chi connectivity index (χ1) is 9.18. The minimum absolute atomic E-state index is 0.142. The van der Waals surface area contributed by atoms with Gasteiger partial charge in [-0.15, -0.1) is 0 Å². The number of hydrogen-bond donors (Lipinski definition) is 2. The van der Waals surface area contributed by atoms with Gasteiger partial charge < -0.3 is 0 Å². The van der Waals surface area contributed by atoms with Crippen molar-refractivity contribution in [1.29, 1.82) is 0 Å². The molecule has 8 heteroatoms. The molecule has 0 radical (unpaired) electrons. The third kappa shape index (κ3) is 3.57. The van der Waals surface area contributed by atoms with Gasteiger partial charge in [0.05, 0.1) is 10.1 Å². The van der Waals surface area contributed by atoms with Crippen LogP contribution in [0.4, 0.5) is 0 Å². The number of hydrogen-bond acceptors (Lipinski definition) is 4. The predicted molar refractivity (Wildman–Crippen MR) is 72.8 cm³/mol. The molecule has 1 aromatic rings. The summed E-state index contributed by atoms with van der Waals surface area (Å²) in [5.41, 5.74) is 0.909. The van der Waals surface area contributed by atoms with Gasteiger partial charge in [-0.25, -0.2) is 0 Å². The second kappa shape index (κ2) is 5.44. The molecule has 0 spiro atoms. The van der Waals surface area contributed by atoms with Crippen LogP contribution in [0.25, 0.3) is 0 Å². The van der Waals surface area contributed by atoms with Gasteiger partial charge in [-0.2, -0.15) is 16.8 Å². The third-order valence-electron chi connectivity index (χ3n) is 3.74. The maximum Gasteiger partial charge on any atom is 0.294 e. The molecule has 0 amide bonds. The number of benzene rings is 1. The fraction of sp³-hybridized carbons (Fsp3) is 0.500. The molecule has 2 N–H and O–H groups in total. The van der Waals surface area contributed by atoms with Gasteiger partial charge in [0, 0.05) is 0 Å². The normalized spacial score (nSPS) is 24.5. The molecule has 6 nitrogen and oxygen atoms in total. The van der Waals surface area contributed by atoms with E-state index in [2.05, 4.69) is 0 Å².